The number of nitrogens with one attached hydrogen (secondary N) is 2. The van der Waals surface area contributed by atoms with Gasteiger partial charge in [-0.15, -0.1) is 10.2 Å². The van der Waals surface area contributed by atoms with Gasteiger partial charge in [0.05, 0.1) is 24.3 Å². The van der Waals surface area contributed by atoms with Crippen molar-refractivity contribution in [2.45, 2.75) is 18.6 Å². The molecule has 2 N–H and O–H groups in total. The summed E-state index contributed by atoms with van der Waals surface area (Å²) in [6, 6.07) is 6.64. The van der Waals surface area contributed by atoms with Crippen LogP contribution in [0.1, 0.15) is 16.8 Å². The van der Waals surface area contributed by atoms with Crippen LogP contribution in [0.4, 0.5) is 0 Å². The Morgan fingerprint density at radius 2 is 2.19 bits per heavy atom. The highest BCUT2D eigenvalue weighted by Gasteiger charge is 2.29. The Hall–Kier alpha value is -2.85. The lowest BCUT2D eigenvalue weighted by atomic mass is 10.0. The molecule has 27 heavy (non-hydrogen) atoms. The van der Waals surface area contributed by atoms with E-state index < -0.39 is 0 Å². The van der Waals surface area contributed by atoms with Crippen LogP contribution in [-0.2, 0) is 14.3 Å². The third kappa shape index (κ3) is 4.66. The fourth-order valence-corrected chi connectivity index (χ4v) is 2.76. The molecule has 10 heteroatoms. The molecule has 2 aromatic rings. The number of nitrogens with zero attached hydrogens (tertiary/aromatic N) is 4. The van der Waals surface area contributed by atoms with Gasteiger partial charge in [-0.05, 0) is 17.7 Å². The summed E-state index contributed by atoms with van der Waals surface area (Å²) in [6.07, 6.45) is 0.293. The van der Waals surface area contributed by atoms with E-state index in [0.717, 1.165) is 0 Å². The number of benzene rings is 1. The van der Waals surface area contributed by atoms with Crippen molar-refractivity contribution in [3.05, 3.63) is 29.8 Å². The fraction of sp³-hybridized carbons (Fsp3) is 0.471. The minimum atomic E-state index is -0.362. The van der Waals surface area contributed by atoms with Crippen molar-refractivity contribution in [2.75, 3.05) is 33.9 Å². The van der Waals surface area contributed by atoms with Gasteiger partial charge in [0.25, 0.3) is 5.91 Å². The number of hydrogen-bond donors (Lipinski definition) is 2. The highest BCUT2D eigenvalue weighted by atomic mass is 16.5. The monoisotopic (exact) mass is 374 g/mol. The zero-order valence-corrected chi connectivity index (χ0v) is 15.2. The van der Waals surface area contributed by atoms with E-state index in [1.165, 1.54) is 4.90 Å². The number of amides is 2. The molecule has 1 saturated heterocycles. The van der Waals surface area contributed by atoms with Crippen LogP contribution < -0.4 is 5.32 Å². The van der Waals surface area contributed by atoms with Gasteiger partial charge in [-0.3, -0.25) is 9.59 Å². The molecule has 1 aromatic heterocycles. The second kappa shape index (κ2) is 8.69. The predicted molar refractivity (Wildman–Crippen MR) is 94.7 cm³/mol. The molecule has 2 amide bonds. The molecule has 1 aliphatic rings. The first kappa shape index (κ1) is 18.9. The molecule has 0 radical (unpaired) electrons. The molecule has 0 unspecified atom stereocenters. The Labute approximate surface area is 156 Å². The first-order valence-corrected chi connectivity index (χ1v) is 8.59. The van der Waals surface area contributed by atoms with E-state index in [4.69, 9.17) is 9.47 Å². The lowest BCUT2D eigenvalue weighted by molar-refractivity contribution is -0.138. The fourth-order valence-electron chi connectivity index (χ4n) is 2.76. The number of aromatic nitrogens is 4. The zero-order chi connectivity index (χ0) is 19.2. The summed E-state index contributed by atoms with van der Waals surface area (Å²) in [6.45, 7) is 0.799. The molecular weight excluding hydrogens is 352 g/mol. The van der Waals surface area contributed by atoms with Crippen LogP contribution in [0, 0.1) is 0 Å². The molecule has 0 aliphatic carbocycles. The Bertz CT molecular complexity index is 779. The molecule has 0 spiro atoms. The van der Waals surface area contributed by atoms with E-state index in [1.54, 1.807) is 38.4 Å². The Morgan fingerprint density at radius 3 is 2.93 bits per heavy atom. The van der Waals surface area contributed by atoms with E-state index in [1.807, 2.05) is 0 Å². The van der Waals surface area contributed by atoms with Gasteiger partial charge in [-0.1, -0.05) is 18.2 Å². The Kier molecular flexibility index (Phi) is 6.09. The van der Waals surface area contributed by atoms with E-state index >= 15 is 0 Å². The molecule has 0 bridgehead atoms. The number of hydrogen-bond acceptors (Lipinski definition) is 7. The number of rotatable bonds is 6. The number of carbonyl (C=O) groups is 2. The van der Waals surface area contributed by atoms with Crippen LogP contribution in [0.5, 0.6) is 0 Å². The third-order valence-electron chi connectivity index (χ3n) is 4.29. The van der Waals surface area contributed by atoms with Gasteiger partial charge < -0.3 is 19.7 Å². The molecule has 144 valence electrons. The second-order valence-electron chi connectivity index (χ2n) is 6.36. The number of aromatic amines is 1. The van der Waals surface area contributed by atoms with Gasteiger partial charge in [-0.2, -0.15) is 5.21 Å². The lowest BCUT2D eigenvalue weighted by Crippen LogP contribution is -2.51. The first-order valence-electron chi connectivity index (χ1n) is 8.59. The zero-order valence-electron chi connectivity index (χ0n) is 15.2. The van der Waals surface area contributed by atoms with Crippen molar-refractivity contribution in [1.82, 2.24) is 30.8 Å². The summed E-state index contributed by atoms with van der Waals surface area (Å²) >= 11 is 0. The summed E-state index contributed by atoms with van der Waals surface area (Å²) in [4.78, 5) is 26.1. The number of H-pyrrole nitrogens is 1. The molecule has 1 fully saturated rings. The van der Waals surface area contributed by atoms with Crippen LogP contribution in [0.15, 0.2) is 24.3 Å². The molecule has 3 rings (SSSR count). The number of carbonyl (C=O) groups excluding carboxylic acids is 2. The van der Waals surface area contributed by atoms with Crippen LogP contribution in [0.3, 0.4) is 0 Å². The SMILES string of the molecule is CN(C)C(=O)CO[C@H]1CCOC[C@H]1NC(=O)c1ccccc1-c1nn[nH]n1. The topological polar surface area (TPSA) is 122 Å². The van der Waals surface area contributed by atoms with Gasteiger partial charge in [0.2, 0.25) is 11.7 Å². The van der Waals surface area contributed by atoms with Crippen molar-refractivity contribution in [3.8, 4) is 11.4 Å². The Morgan fingerprint density at radius 1 is 1.37 bits per heavy atom. The van der Waals surface area contributed by atoms with Crippen molar-refractivity contribution < 1.29 is 19.1 Å². The van der Waals surface area contributed by atoms with Crippen LogP contribution >= 0.6 is 0 Å². The smallest absolute Gasteiger partial charge is 0.252 e. The highest BCUT2D eigenvalue weighted by Crippen LogP contribution is 2.20. The largest absolute Gasteiger partial charge is 0.379 e. The molecule has 1 aromatic carbocycles. The summed E-state index contributed by atoms with van der Waals surface area (Å²) in [7, 11) is 3.34. The first-order chi connectivity index (χ1) is 13.1. The van der Waals surface area contributed by atoms with Gasteiger partial charge in [-0.25, -0.2) is 0 Å². The van der Waals surface area contributed by atoms with Gasteiger partial charge in [0.1, 0.15) is 6.61 Å². The van der Waals surface area contributed by atoms with E-state index in [0.29, 0.717) is 36.6 Å². The number of likely N-dealkylation sites (N-methyl/N-ethyl adjacent to an activating group) is 1. The average molecular weight is 374 g/mol. The van der Waals surface area contributed by atoms with Crippen LogP contribution in [0.25, 0.3) is 11.4 Å². The maximum Gasteiger partial charge on any atom is 0.252 e. The van der Waals surface area contributed by atoms with Crippen molar-refractivity contribution in [2.24, 2.45) is 0 Å². The van der Waals surface area contributed by atoms with Gasteiger partial charge in [0, 0.05) is 26.3 Å². The average Bonchev–Trinajstić information content (AvgIpc) is 3.21. The summed E-state index contributed by atoms with van der Waals surface area (Å²) < 4.78 is 11.2. The molecule has 2 atom stereocenters. The minimum Gasteiger partial charge on any atom is -0.379 e. The summed E-state index contributed by atoms with van der Waals surface area (Å²) in [5, 5.41) is 16.7. The second-order valence-corrected chi connectivity index (χ2v) is 6.36. The van der Waals surface area contributed by atoms with Crippen molar-refractivity contribution in [1.29, 1.82) is 0 Å². The molecule has 0 saturated carbocycles. The molecule has 10 nitrogen and oxygen atoms in total. The quantitative estimate of drug-likeness (QED) is 0.721. The Balaban J connectivity index is 1.70. The van der Waals surface area contributed by atoms with Crippen molar-refractivity contribution >= 4 is 11.8 Å². The number of ether oxygens (including phenoxy) is 2. The third-order valence-corrected chi connectivity index (χ3v) is 4.29. The summed E-state index contributed by atoms with van der Waals surface area (Å²) in [5.41, 5.74) is 0.994. The van der Waals surface area contributed by atoms with Crippen LogP contribution in [0.2, 0.25) is 0 Å². The van der Waals surface area contributed by atoms with E-state index in [-0.39, 0.29) is 30.6 Å². The predicted octanol–water partition coefficient (Wildman–Crippen LogP) is -0.141. The van der Waals surface area contributed by atoms with E-state index in [2.05, 4.69) is 25.9 Å². The van der Waals surface area contributed by atoms with Crippen LogP contribution in [-0.4, -0.2) is 83.4 Å². The molecule has 2 heterocycles. The maximum absolute atomic E-state index is 12.8. The van der Waals surface area contributed by atoms with Crippen molar-refractivity contribution in [3.63, 3.8) is 0 Å². The number of tetrazole rings is 1. The highest BCUT2D eigenvalue weighted by molar-refractivity contribution is 6.00. The summed E-state index contributed by atoms with van der Waals surface area (Å²) in [5.74, 6) is -0.0857. The van der Waals surface area contributed by atoms with Gasteiger partial charge >= 0.3 is 0 Å². The molecule has 1 aliphatic heterocycles. The van der Waals surface area contributed by atoms with E-state index in [9.17, 15) is 9.59 Å². The minimum absolute atomic E-state index is 0.0382. The maximum atomic E-state index is 12.8. The lowest BCUT2D eigenvalue weighted by Gasteiger charge is -2.32. The van der Waals surface area contributed by atoms with Gasteiger partial charge in [0.15, 0.2) is 0 Å². The standard InChI is InChI=1S/C17H22N6O4/c1-23(2)15(24)10-27-14-7-8-26-9-13(14)18-17(25)12-6-4-3-5-11(12)16-19-21-22-20-16/h3-6,13-14H,7-10H2,1-2H3,(H,18,25)(H,19,20,21,22)/t13-,14+/m1/s1. The normalized spacial score (nSPS) is 19.5. The molecular formula is C17H22N6O4.